The van der Waals surface area contributed by atoms with Crippen LogP contribution in [0, 0.1) is 18.3 Å². The maximum absolute atomic E-state index is 13.2. The second-order valence-electron chi connectivity index (χ2n) is 7.56. The first-order valence-electron chi connectivity index (χ1n) is 10.1. The van der Waals surface area contributed by atoms with E-state index < -0.39 is 11.4 Å². The van der Waals surface area contributed by atoms with Crippen molar-refractivity contribution in [3.05, 3.63) is 99.2 Å². The van der Waals surface area contributed by atoms with Crippen LogP contribution >= 0.6 is 0 Å². The van der Waals surface area contributed by atoms with E-state index in [0.29, 0.717) is 27.8 Å². The van der Waals surface area contributed by atoms with Crippen molar-refractivity contribution in [1.29, 1.82) is 5.26 Å². The Balaban J connectivity index is 1.92. The molecule has 4 rings (SSSR count). The summed E-state index contributed by atoms with van der Waals surface area (Å²) in [6.07, 6.45) is 0. The van der Waals surface area contributed by atoms with Crippen molar-refractivity contribution in [2.45, 2.75) is 19.9 Å². The molecular weight excluding hydrogens is 404 g/mol. The minimum atomic E-state index is -1.04. The van der Waals surface area contributed by atoms with Gasteiger partial charge in [-0.15, -0.1) is 0 Å². The monoisotopic (exact) mass is 424 g/mol. The molecule has 6 heteroatoms. The summed E-state index contributed by atoms with van der Waals surface area (Å²) >= 11 is 0. The third-order valence-electron chi connectivity index (χ3n) is 5.31. The molecule has 1 unspecified atom stereocenters. The lowest BCUT2D eigenvalue weighted by molar-refractivity contribution is 0.0698. The largest absolute Gasteiger partial charge is 0.478 e. The van der Waals surface area contributed by atoms with Gasteiger partial charge in [-0.3, -0.25) is 4.79 Å². The Labute approximate surface area is 184 Å². The number of carboxylic acids is 1. The molecule has 0 aliphatic heterocycles. The Morgan fingerprint density at radius 3 is 2.47 bits per heavy atom. The highest BCUT2D eigenvalue weighted by molar-refractivity contribution is 5.94. The number of aromatic carboxylic acids is 1. The number of carbonyl (C=O) groups is 1. The first-order valence-corrected chi connectivity index (χ1v) is 10.1. The number of anilines is 1. The Bertz CT molecular complexity index is 1430. The van der Waals surface area contributed by atoms with Crippen molar-refractivity contribution in [1.82, 2.24) is 0 Å². The zero-order chi connectivity index (χ0) is 22.8. The van der Waals surface area contributed by atoms with Crippen LogP contribution in [-0.2, 0) is 0 Å². The van der Waals surface area contributed by atoms with Gasteiger partial charge in [-0.2, -0.15) is 5.26 Å². The normalized spacial score (nSPS) is 11.7. The number of nitrogens with zero attached hydrogens (tertiary/aromatic N) is 1. The van der Waals surface area contributed by atoms with Gasteiger partial charge in [0, 0.05) is 16.8 Å². The van der Waals surface area contributed by atoms with Crippen molar-refractivity contribution in [3.8, 4) is 17.4 Å². The molecule has 4 aromatic rings. The average molecular weight is 424 g/mol. The van der Waals surface area contributed by atoms with Crippen LogP contribution in [-0.4, -0.2) is 11.1 Å². The van der Waals surface area contributed by atoms with Gasteiger partial charge in [0.25, 0.3) is 0 Å². The highest BCUT2D eigenvalue weighted by atomic mass is 16.4. The summed E-state index contributed by atoms with van der Waals surface area (Å²) in [5, 5.41) is 22.7. The number of nitrogens with one attached hydrogen (secondary N) is 1. The van der Waals surface area contributed by atoms with Crippen LogP contribution in [0.2, 0.25) is 0 Å². The summed E-state index contributed by atoms with van der Waals surface area (Å²) in [4.78, 5) is 24.8. The zero-order valence-electron chi connectivity index (χ0n) is 17.5. The molecule has 32 heavy (non-hydrogen) atoms. The Hall–Kier alpha value is -4.37. The predicted molar refractivity (Wildman–Crippen MR) is 123 cm³/mol. The maximum Gasteiger partial charge on any atom is 0.337 e. The topological polar surface area (TPSA) is 103 Å². The number of hydrogen-bond donors (Lipinski definition) is 2. The van der Waals surface area contributed by atoms with Crippen LogP contribution in [0.1, 0.15) is 40.0 Å². The summed E-state index contributed by atoms with van der Waals surface area (Å²) in [7, 11) is 0. The molecule has 1 heterocycles. The molecule has 1 atom stereocenters. The van der Waals surface area contributed by atoms with E-state index >= 15 is 0 Å². The number of nitriles is 1. The molecule has 0 spiro atoms. The van der Waals surface area contributed by atoms with Crippen LogP contribution < -0.4 is 10.7 Å². The fourth-order valence-electron chi connectivity index (χ4n) is 3.80. The van der Waals surface area contributed by atoms with Crippen molar-refractivity contribution in [3.63, 3.8) is 0 Å². The SMILES string of the molecule is Cc1cc(C(C)Nc2ccccc2C(=O)O)c2oc(-c3ccccc3)c(C#N)c(=O)c2c1. The Morgan fingerprint density at radius 1 is 1.09 bits per heavy atom. The van der Waals surface area contributed by atoms with Gasteiger partial charge in [-0.05, 0) is 37.6 Å². The summed E-state index contributed by atoms with van der Waals surface area (Å²) in [5.41, 5.74) is 2.69. The lowest BCUT2D eigenvalue weighted by atomic mass is 9.98. The predicted octanol–water partition coefficient (Wildman–Crippen LogP) is 5.51. The lowest BCUT2D eigenvalue weighted by Crippen LogP contribution is -2.14. The minimum Gasteiger partial charge on any atom is -0.478 e. The lowest BCUT2D eigenvalue weighted by Gasteiger charge is -2.19. The Morgan fingerprint density at radius 2 is 1.78 bits per heavy atom. The van der Waals surface area contributed by atoms with E-state index in [-0.39, 0.29) is 22.9 Å². The van der Waals surface area contributed by atoms with E-state index in [1.54, 1.807) is 36.4 Å². The van der Waals surface area contributed by atoms with E-state index in [0.717, 1.165) is 5.56 Å². The van der Waals surface area contributed by atoms with Gasteiger partial charge in [0.1, 0.15) is 17.2 Å². The molecule has 1 aromatic heterocycles. The molecule has 0 fully saturated rings. The number of rotatable bonds is 5. The standard InChI is InChI=1S/C26H20N2O4/c1-15-12-19(16(2)28-22-11-7-6-10-18(22)26(30)31)25-20(13-15)23(29)21(14-27)24(32-25)17-8-4-3-5-9-17/h3-13,16,28H,1-2H3,(H,30,31). The molecule has 6 nitrogen and oxygen atoms in total. The van der Waals surface area contributed by atoms with Crippen molar-refractivity contribution < 1.29 is 14.3 Å². The fourth-order valence-corrected chi connectivity index (χ4v) is 3.80. The van der Waals surface area contributed by atoms with Crippen LogP contribution in [0.5, 0.6) is 0 Å². The molecule has 0 bridgehead atoms. The maximum atomic E-state index is 13.2. The van der Waals surface area contributed by atoms with E-state index in [1.807, 2.05) is 44.2 Å². The van der Waals surface area contributed by atoms with Crippen molar-refractivity contribution >= 4 is 22.6 Å². The smallest absolute Gasteiger partial charge is 0.337 e. The molecule has 0 amide bonds. The molecule has 0 radical (unpaired) electrons. The summed E-state index contributed by atoms with van der Waals surface area (Å²) in [5.74, 6) is -0.820. The third-order valence-corrected chi connectivity index (χ3v) is 5.31. The highest BCUT2D eigenvalue weighted by Crippen LogP contribution is 2.32. The van der Waals surface area contributed by atoms with E-state index in [4.69, 9.17) is 4.42 Å². The van der Waals surface area contributed by atoms with Crippen molar-refractivity contribution in [2.24, 2.45) is 0 Å². The zero-order valence-corrected chi connectivity index (χ0v) is 17.5. The summed E-state index contributed by atoms with van der Waals surface area (Å²) in [6.45, 7) is 3.73. The number of aryl methyl sites for hydroxylation is 1. The second kappa shape index (κ2) is 8.40. The average Bonchev–Trinajstić information content (AvgIpc) is 2.79. The second-order valence-corrected chi connectivity index (χ2v) is 7.56. The summed E-state index contributed by atoms with van der Waals surface area (Å²) in [6, 6.07) is 20.9. The minimum absolute atomic E-state index is 0.0444. The van der Waals surface area contributed by atoms with Gasteiger partial charge in [0.05, 0.1) is 17.0 Å². The molecule has 0 aliphatic rings. The van der Waals surface area contributed by atoms with E-state index in [1.165, 1.54) is 6.07 Å². The van der Waals surface area contributed by atoms with Gasteiger partial charge in [-0.1, -0.05) is 48.5 Å². The van der Waals surface area contributed by atoms with Crippen LogP contribution in [0.3, 0.4) is 0 Å². The number of fused-ring (bicyclic) bond motifs is 1. The van der Waals surface area contributed by atoms with Gasteiger partial charge in [0.15, 0.2) is 5.76 Å². The molecule has 158 valence electrons. The number of benzene rings is 3. The van der Waals surface area contributed by atoms with E-state index in [2.05, 4.69) is 5.32 Å². The highest BCUT2D eigenvalue weighted by Gasteiger charge is 2.21. The molecular formula is C26H20N2O4. The van der Waals surface area contributed by atoms with E-state index in [9.17, 15) is 20.0 Å². The first-order chi connectivity index (χ1) is 15.4. The number of para-hydroxylation sites is 1. The van der Waals surface area contributed by atoms with Gasteiger partial charge in [-0.25, -0.2) is 4.79 Å². The molecule has 0 saturated carbocycles. The number of carboxylic acid groups (broad SMARTS) is 1. The number of hydrogen-bond acceptors (Lipinski definition) is 5. The summed E-state index contributed by atoms with van der Waals surface area (Å²) < 4.78 is 6.19. The molecule has 0 saturated heterocycles. The van der Waals surface area contributed by atoms with Gasteiger partial charge < -0.3 is 14.8 Å². The quantitative estimate of drug-likeness (QED) is 0.438. The molecule has 3 aromatic carbocycles. The van der Waals surface area contributed by atoms with Gasteiger partial charge >= 0.3 is 5.97 Å². The fraction of sp³-hybridized carbons (Fsp3) is 0.115. The van der Waals surface area contributed by atoms with Crippen LogP contribution in [0.4, 0.5) is 5.69 Å². The molecule has 0 aliphatic carbocycles. The van der Waals surface area contributed by atoms with Crippen molar-refractivity contribution in [2.75, 3.05) is 5.32 Å². The van der Waals surface area contributed by atoms with Gasteiger partial charge in [0.2, 0.25) is 5.43 Å². The first kappa shape index (κ1) is 20.9. The third kappa shape index (κ3) is 3.72. The Kier molecular flexibility index (Phi) is 5.48. The molecule has 2 N–H and O–H groups in total. The van der Waals surface area contributed by atoms with Crippen LogP contribution in [0.25, 0.3) is 22.3 Å². The van der Waals surface area contributed by atoms with Crippen LogP contribution in [0.15, 0.2) is 75.9 Å².